The van der Waals surface area contributed by atoms with Crippen LogP contribution in [-0.2, 0) is 9.84 Å². The maximum atomic E-state index is 12.3. The Labute approximate surface area is 111 Å². The molecular weight excluding hydrogens is 304 g/mol. The molecule has 0 N–H and O–H groups in total. The van der Waals surface area contributed by atoms with Crippen LogP contribution in [0.3, 0.4) is 0 Å². The molecule has 0 saturated heterocycles. The maximum absolute atomic E-state index is 12.3. The van der Waals surface area contributed by atoms with Gasteiger partial charge in [0.25, 0.3) is 0 Å². The second-order valence-corrected chi connectivity index (χ2v) is 6.86. The number of methoxy groups -OCH3 is 1. The SMILES string of the molecule is CCC(CC)S(=O)(=O)c1ccc(OC)c(Br)c1. The van der Waals surface area contributed by atoms with E-state index in [0.717, 1.165) is 0 Å². The van der Waals surface area contributed by atoms with Crippen LogP contribution in [0.4, 0.5) is 0 Å². The normalized spacial score (nSPS) is 11.8. The minimum absolute atomic E-state index is 0.317. The van der Waals surface area contributed by atoms with Crippen LogP contribution < -0.4 is 4.74 Å². The van der Waals surface area contributed by atoms with Crippen LogP contribution in [0, 0.1) is 0 Å². The number of sulfone groups is 1. The predicted octanol–water partition coefficient (Wildman–Crippen LogP) is 3.42. The van der Waals surface area contributed by atoms with Crippen LogP contribution in [0.1, 0.15) is 26.7 Å². The summed E-state index contributed by atoms with van der Waals surface area (Å²) in [6.07, 6.45) is 1.25. The minimum atomic E-state index is -3.23. The second kappa shape index (κ2) is 5.87. The second-order valence-electron chi connectivity index (χ2n) is 3.78. The van der Waals surface area contributed by atoms with E-state index in [4.69, 9.17) is 4.74 Å². The summed E-state index contributed by atoms with van der Waals surface area (Å²) in [5.41, 5.74) is 0. The van der Waals surface area contributed by atoms with Crippen LogP contribution in [0.5, 0.6) is 5.75 Å². The quantitative estimate of drug-likeness (QED) is 0.834. The van der Waals surface area contributed by atoms with Gasteiger partial charge in [-0.1, -0.05) is 13.8 Å². The largest absolute Gasteiger partial charge is 0.496 e. The van der Waals surface area contributed by atoms with Crippen molar-refractivity contribution in [1.29, 1.82) is 0 Å². The van der Waals surface area contributed by atoms with Gasteiger partial charge in [-0.2, -0.15) is 0 Å². The summed E-state index contributed by atoms with van der Waals surface area (Å²) >= 11 is 3.30. The van der Waals surface area contributed by atoms with Gasteiger partial charge in [-0.05, 0) is 47.0 Å². The molecule has 1 aromatic carbocycles. The van der Waals surface area contributed by atoms with Gasteiger partial charge in [0.1, 0.15) is 5.75 Å². The lowest BCUT2D eigenvalue weighted by Gasteiger charge is -2.14. The number of halogens is 1. The van der Waals surface area contributed by atoms with Gasteiger partial charge >= 0.3 is 0 Å². The van der Waals surface area contributed by atoms with Gasteiger partial charge in [-0.3, -0.25) is 0 Å². The van der Waals surface area contributed by atoms with Gasteiger partial charge in [0.05, 0.1) is 21.7 Å². The Hall–Kier alpha value is -0.550. The molecule has 0 radical (unpaired) electrons. The summed E-state index contributed by atoms with van der Waals surface area (Å²) < 4.78 is 30.3. The highest BCUT2D eigenvalue weighted by atomic mass is 79.9. The number of hydrogen-bond donors (Lipinski definition) is 0. The third-order valence-electron chi connectivity index (χ3n) is 2.80. The number of rotatable bonds is 5. The summed E-state index contributed by atoms with van der Waals surface area (Å²) in [4.78, 5) is 0.346. The Bertz CT molecular complexity index is 479. The number of ether oxygens (including phenoxy) is 1. The first-order valence-corrected chi connectivity index (χ1v) is 7.88. The molecule has 0 spiro atoms. The fourth-order valence-corrected chi connectivity index (χ4v) is 4.24. The van der Waals surface area contributed by atoms with Crippen LogP contribution in [0.25, 0.3) is 0 Å². The topological polar surface area (TPSA) is 43.4 Å². The molecular formula is C12H17BrO3S. The molecule has 1 aromatic rings. The number of hydrogen-bond acceptors (Lipinski definition) is 3. The fraction of sp³-hybridized carbons (Fsp3) is 0.500. The summed E-state index contributed by atoms with van der Waals surface area (Å²) in [6.45, 7) is 3.79. The van der Waals surface area contributed by atoms with Gasteiger partial charge < -0.3 is 4.74 Å². The first kappa shape index (κ1) is 14.5. The van der Waals surface area contributed by atoms with Crippen LogP contribution in [0.15, 0.2) is 27.6 Å². The van der Waals surface area contributed by atoms with E-state index in [-0.39, 0.29) is 5.25 Å². The first-order chi connectivity index (χ1) is 7.97. The zero-order valence-electron chi connectivity index (χ0n) is 10.2. The fourth-order valence-electron chi connectivity index (χ4n) is 1.74. The molecule has 5 heteroatoms. The van der Waals surface area contributed by atoms with E-state index in [1.54, 1.807) is 25.3 Å². The molecule has 0 bridgehead atoms. The van der Waals surface area contributed by atoms with Gasteiger partial charge in [-0.25, -0.2) is 8.42 Å². The minimum Gasteiger partial charge on any atom is -0.496 e. The Balaban J connectivity index is 3.20. The Kier molecular flexibility index (Phi) is 5.01. The van der Waals surface area contributed by atoms with Crippen molar-refractivity contribution in [3.63, 3.8) is 0 Å². The zero-order chi connectivity index (χ0) is 13.1. The van der Waals surface area contributed by atoms with Crippen LogP contribution >= 0.6 is 15.9 Å². The molecule has 0 heterocycles. The lowest BCUT2D eigenvalue weighted by molar-refractivity contribution is 0.411. The molecule has 1 rings (SSSR count). The molecule has 0 aromatic heterocycles. The highest BCUT2D eigenvalue weighted by Gasteiger charge is 2.24. The Morgan fingerprint density at radius 1 is 1.29 bits per heavy atom. The molecule has 0 aliphatic rings. The molecule has 0 saturated carbocycles. The number of benzene rings is 1. The highest BCUT2D eigenvalue weighted by molar-refractivity contribution is 9.10. The van der Waals surface area contributed by atoms with E-state index in [9.17, 15) is 8.42 Å². The standard InChI is InChI=1S/C12H17BrO3S/c1-4-9(5-2)17(14,15)10-6-7-12(16-3)11(13)8-10/h6-9H,4-5H2,1-3H3. The van der Waals surface area contributed by atoms with Crippen molar-refractivity contribution < 1.29 is 13.2 Å². The van der Waals surface area contributed by atoms with Gasteiger partial charge in [0.15, 0.2) is 9.84 Å². The maximum Gasteiger partial charge on any atom is 0.181 e. The van der Waals surface area contributed by atoms with E-state index in [0.29, 0.717) is 28.0 Å². The first-order valence-electron chi connectivity index (χ1n) is 5.54. The van der Waals surface area contributed by atoms with E-state index >= 15 is 0 Å². The predicted molar refractivity (Wildman–Crippen MR) is 72.2 cm³/mol. The Morgan fingerprint density at radius 2 is 1.88 bits per heavy atom. The third-order valence-corrected chi connectivity index (χ3v) is 5.88. The molecule has 3 nitrogen and oxygen atoms in total. The third kappa shape index (κ3) is 3.01. The van der Waals surface area contributed by atoms with Gasteiger partial charge in [-0.15, -0.1) is 0 Å². The van der Waals surface area contributed by atoms with Crippen molar-refractivity contribution in [2.24, 2.45) is 0 Å². The highest BCUT2D eigenvalue weighted by Crippen LogP contribution is 2.30. The molecule has 17 heavy (non-hydrogen) atoms. The van der Waals surface area contributed by atoms with Gasteiger partial charge in [0.2, 0.25) is 0 Å². The summed E-state index contributed by atoms with van der Waals surface area (Å²) in [5.74, 6) is 0.633. The molecule has 0 atom stereocenters. The molecule has 96 valence electrons. The zero-order valence-corrected chi connectivity index (χ0v) is 12.6. The Morgan fingerprint density at radius 3 is 2.29 bits per heavy atom. The summed E-state index contributed by atoms with van der Waals surface area (Å²) in [7, 11) is -1.68. The summed E-state index contributed by atoms with van der Waals surface area (Å²) in [5, 5.41) is -0.317. The van der Waals surface area contributed by atoms with Crippen molar-refractivity contribution in [1.82, 2.24) is 0 Å². The smallest absolute Gasteiger partial charge is 0.181 e. The molecule has 0 unspecified atom stereocenters. The molecule has 0 aliphatic heterocycles. The van der Waals surface area contributed by atoms with E-state index in [2.05, 4.69) is 15.9 Å². The van der Waals surface area contributed by atoms with Crippen molar-refractivity contribution in [3.8, 4) is 5.75 Å². The van der Waals surface area contributed by atoms with E-state index < -0.39 is 9.84 Å². The van der Waals surface area contributed by atoms with Crippen molar-refractivity contribution in [3.05, 3.63) is 22.7 Å². The monoisotopic (exact) mass is 320 g/mol. The average molecular weight is 321 g/mol. The van der Waals surface area contributed by atoms with Crippen LogP contribution in [0.2, 0.25) is 0 Å². The summed E-state index contributed by atoms with van der Waals surface area (Å²) in [6, 6.07) is 4.86. The van der Waals surface area contributed by atoms with E-state index in [1.807, 2.05) is 13.8 Å². The lowest BCUT2D eigenvalue weighted by atomic mass is 10.3. The van der Waals surface area contributed by atoms with Crippen molar-refractivity contribution in [2.75, 3.05) is 7.11 Å². The van der Waals surface area contributed by atoms with Gasteiger partial charge in [0, 0.05) is 0 Å². The van der Waals surface area contributed by atoms with Crippen molar-refractivity contribution >= 4 is 25.8 Å². The molecule has 0 aliphatic carbocycles. The van der Waals surface area contributed by atoms with Crippen molar-refractivity contribution in [2.45, 2.75) is 36.8 Å². The molecule has 0 fully saturated rings. The average Bonchev–Trinajstić information content (AvgIpc) is 2.30. The molecule has 0 amide bonds. The van der Waals surface area contributed by atoms with E-state index in [1.165, 1.54) is 0 Å². The van der Waals surface area contributed by atoms with Crippen LogP contribution in [-0.4, -0.2) is 20.8 Å². The lowest BCUT2D eigenvalue weighted by Crippen LogP contribution is -2.19.